The Morgan fingerprint density at radius 1 is 1.35 bits per heavy atom. The molecule has 0 spiro atoms. The molecule has 1 aromatic heterocycles. The van der Waals surface area contributed by atoms with Crippen LogP contribution in [-0.4, -0.2) is 26.9 Å². The van der Waals surface area contributed by atoms with Crippen molar-refractivity contribution in [3.8, 4) is 0 Å². The fourth-order valence-corrected chi connectivity index (χ4v) is 4.67. The summed E-state index contributed by atoms with van der Waals surface area (Å²) >= 11 is 10.4. The Hall–Kier alpha value is 0.0600. The fraction of sp³-hybridized carbons (Fsp3) is 0.533. The van der Waals surface area contributed by atoms with Gasteiger partial charge in [0.15, 0.2) is 0 Å². The van der Waals surface area contributed by atoms with Crippen LogP contribution in [0.4, 0.5) is 0 Å². The van der Waals surface area contributed by atoms with Gasteiger partial charge in [-0.15, -0.1) is 11.6 Å². The number of hydrogen-bond acceptors (Lipinski definition) is 2. The zero-order chi connectivity index (χ0) is 13.9. The maximum Gasteiger partial charge on any atom is 0.111 e. The summed E-state index contributed by atoms with van der Waals surface area (Å²) in [5.41, 5.74) is 2.38. The predicted octanol–water partition coefficient (Wildman–Crippen LogP) is 4.57. The van der Waals surface area contributed by atoms with E-state index in [0.717, 1.165) is 30.2 Å². The van der Waals surface area contributed by atoms with Gasteiger partial charge in [0.2, 0.25) is 0 Å². The van der Waals surface area contributed by atoms with Crippen molar-refractivity contribution < 1.29 is 0 Å². The summed E-state index contributed by atoms with van der Waals surface area (Å²) in [6.07, 6.45) is 3.51. The Bertz CT molecular complexity index is 593. The minimum Gasteiger partial charge on any atom is -0.328 e. The van der Waals surface area contributed by atoms with Gasteiger partial charge in [0.05, 0.1) is 11.0 Å². The van der Waals surface area contributed by atoms with Gasteiger partial charge in [-0.2, -0.15) is 11.8 Å². The Morgan fingerprint density at radius 2 is 2.15 bits per heavy atom. The molecule has 1 fully saturated rings. The lowest BCUT2D eigenvalue weighted by molar-refractivity contribution is 0.416. The Kier molecular flexibility index (Phi) is 5.15. The number of thioether (sulfide) groups is 1. The molecular formula is C15H18ClIN2S. The van der Waals surface area contributed by atoms with E-state index in [-0.39, 0.29) is 0 Å². The number of aryl methyl sites for hydroxylation is 1. The highest BCUT2D eigenvalue weighted by atomic mass is 127. The van der Waals surface area contributed by atoms with E-state index in [0.29, 0.717) is 5.88 Å². The molecule has 3 rings (SSSR count). The third kappa shape index (κ3) is 3.28. The van der Waals surface area contributed by atoms with Gasteiger partial charge in [-0.25, -0.2) is 4.98 Å². The monoisotopic (exact) mass is 420 g/mol. The van der Waals surface area contributed by atoms with Crippen LogP contribution in [0.5, 0.6) is 0 Å². The number of aromatic nitrogens is 2. The first-order valence-electron chi connectivity index (χ1n) is 7.06. The quantitative estimate of drug-likeness (QED) is 0.533. The summed E-state index contributed by atoms with van der Waals surface area (Å²) in [4.78, 5) is 4.80. The summed E-state index contributed by atoms with van der Waals surface area (Å²) in [5.74, 6) is 5.19. The molecule has 2 aromatic rings. The Labute approximate surface area is 142 Å². The Balaban J connectivity index is 1.95. The van der Waals surface area contributed by atoms with Gasteiger partial charge < -0.3 is 4.57 Å². The van der Waals surface area contributed by atoms with Gasteiger partial charge in [-0.1, -0.05) is 0 Å². The van der Waals surface area contributed by atoms with Crippen LogP contribution < -0.4 is 0 Å². The molecule has 0 N–H and O–H groups in total. The van der Waals surface area contributed by atoms with Gasteiger partial charge in [0, 0.05) is 22.4 Å². The second-order valence-corrected chi connectivity index (χ2v) is 8.11. The summed E-state index contributed by atoms with van der Waals surface area (Å²) < 4.78 is 3.65. The average molecular weight is 421 g/mol. The highest BCUT2D eigenvalue weighted by molar-refractivity contribution is 14.1. The molecule has 1 aromatic carbocycles. The molecule has 20 heavy (non-hydrogen) atoms. The summed E-state index contributed by atoms with van der Waals surface area (Å²) in [6.45, 7) is 1.10. The zero-order valence-electron chi connectivity index (χ0n) is 11.3. The lowest BCUT2D eigenvalue weighted by atomic mass is 10.0. The number of alkyl halides is 1. The zero-order valence-corrected chi connectivity index (χ0v) is 15.0. The maximum atomic E-state index is 5.95. The third-order valence-electron chi connectivity index (χ3n) is 3.89. The highest BCUT2D eigenvalue weighted by Crippen LogP contribution is 2.27. The minimum atomic E-state index is 0.640. The van der Waals surface area contributed by atoms with Crippen LogP contribution in [0, 0.1) is 9.49 Å². The van der Waals surface area contributed by atoms with Crippen molar-refractivity contribution in [1.29, 1.82) is 0 Å². The molecule has 0 bridgehead atoms. The smallest absolute Gasteiger partial charge is 0.111 e. The lowest BCUT2D eigenvalue weighted by Crippen LogP contribution is -2.18. The molecule has 0 saturated carbocycles. The van der Waals surface area contributed by atoms with Crippen LogP contribution >= 0.6 is 46.0 Å². The largest absolute Gasteiger partial charge is 0.328 e. The fourth-order valence-electron chi connectivity index (χ4n) is 2.82. The van der Waals surface area contributed by atoms with Crippen LogP contribution in [0.3, 0.4) is 0 Å². The van der Waals surface area contributed by atoms with E-state index < -0.39 is 0 Å². The van der Waals surface area contributed by atoms with E-state index in [9.17, 15) is 0 Å². The first-order valence-corrected chi connectivity index (χ1v) is 9.83. The molecule has 2 nitrogen and oxygen atoms in total. The number of nitrogens with zero attached hydrogens (tertiary/aromatic N) is 2. The summed E-state index contributed by atoms with van der Waals surface area (Å²) in [6, 6.07) is 6.54. The number of hydrogen-bond donors (Lipinski definition) is 0. The summed E-state index contributed by atoms with van der Waals surface area (Å²) in [5, 5.41) is 0. The number of rotatable bonds is 4. The van der Waals surface area contributed by atoms with Crippen molar-refractivity contribution in [2.75, 3.05) is 17.4 Å². The Morgan fingerprint density at radius 3 is 2.90 bits per heavy atom. The van der Waals surface area contributed by atoms with E-state index in [2.05, 4.69) is 57.1 Å². The first-order chi connectivity index (χ1) is 9.78. The molecule has 0 atom stereocenters. The molecule has 1 aliphatic heterocycles. The van der Waals surface area contributed by atoms with Crippen LogP contribution in [0.15, 0.2) is 18.2 Å². The van der Waals surface area contributed by atoms with Crippen molar-refractivity contribution in [3.63, 3.8) is 0 Å². The number of imidazole rings is 1. The molecule has 0 aliphatic carbocycles. The molecule has 1 aliphatic rings. The standard InChI is InChI=1S/C15H18ClIN2S/c16-6-3-15-18-13-9-12(17)1-2-14(13)19(15)10-11-4-7-20-8-5-11/h1-2,9,11H,3-8,10H2. The normalized spacial score (nSPS) is 16.9. The molecule has 5 heteroatoms. The predicted molar refractivity (Wildman–Crippen MR) is 96.9 cm³/mol. The van der Waals surface area contributed by atoms with Crippen LogP contribution in [0.25, 0.3) is 11.0 Å². The van der Waals surface area contributed by atoms with E-state index >= 15 is 0 Å². The molecular weight excluding hydrogens is 403 g/mol. The van der Waals surface area contributed by atoms with Gasteiger partial charge in [0.25, 0.3) is 0 Å². The minimum absolute atomic E-state index is 0.640. The topological polar surface area (TPSA) is 17.8 Å². The number of benzene rings is 1. The lowest BCUT2D eigenvalue weighted by Gasteiger charge is -2.23. The molecule has 2 heterocycles. The van der Waals surface area contributed by atoms with E-state index in [4.69, 9.17) is 16.6 Å². The van der Waals surface area contributed by atoms with Gasteiger partial charge in [-0.3, -0.25) is 0 Å². The van der Waals surface area contributed by atoms with Gasteiger partial charge in [0.1, 0.15) is 5.82 Å². The highest BCUT2D eigenvalue weighted by Gasteiger charge is 2.18. The molecule has 0 radical (unpaired) electrons. The maximum absolute atomic E-state index is 5.95. The van der Waals surface area contributed by atoms with E-state index in [1.807, 2.05) is 0 Å². The van der Waals surface area contributed by atoms with Crippen LogP contribution in [0.2, 0.25) is 0 Å². The van der Waals surface area contributed by atoms with Gasteiger partial charge in [-0.05, 0) is 71.1 Å². The van der Waals surface area contributed by atoms with Crippen molar-refractivity contribution in [2.45, 2.75) is 25.8 Å². The second kappa shape index (κ2) is 6.88. The number of halogens is 2. The van der Waals surface area contributed by atoms with Crippen molar-refractivity contribution in [3.05, 3.63) is 27.6 Å². The molecule has 108 valence electrons. The first kappa shape index (κ1) is 15.0. The SMILES string of the molecule is ClCCc1nc2cc(I)ccc2n1CC1CCSCC1. The van der Waals surface area contributed by atoms with Crippen LogP contribution in [0.1, 0.15) is 18.7 Å². The van der Waals surface area contributed by atoms with Crippen molar-refractivity contribution >= 4 is 57.0 Å². The second-order valence-electron chi connectivity index (χ2n) is 5.27. The average Bonchev–Trinajstić information content (AvgIpc) is 2.77. The third-order valence-corrected chi connectivity index (χ3v) is 5.80. The van der Waals surface area contributed by atoms with Gasteiger partial charge >= 0.3 is 0 Å². The van der Waals surface area contributed by atoms with E-state index in [1.54, 1.807) is 0 Å². The summed E-state index contributed by atoms with van der Waals surface area (Å²) in [7, 11) is 0. The van der Waals surface area contributed by atoms with E-state index in [1.165, 1.54) is 33.4 Å². The number of fused-ring (bicyclic) bond motifs is 1. The van der Waals surface area contributed by atoms with Crippen molar-refractivity contribution in [2.24, 2.45) is 5.92 Å². The molecule has 0 unspecified atom stereocenters. The molecule has 1 saturated heterocycles. The van der Waals surface area contributed by atoms with Crippen molar-refractivity contribution in [1.82, 2.24) is 9.55 Å². The van der Waals surface area contributed by atoms with Crippen LogP contribution in [-0.2, 0) is 13.0 Å². The molecule has 0 amide bonds.